The fourth-order valence-corrected chi connectivity index (χ4v) is 2.30. The smallest absolute Gasteiger partial charge is 0.119 e. The molecule has 1 aliphatic carbocycles. The third-order valence-corrected chi connectivity index (χ3v) is 3.35. The molecule has 0 unspecified atom stereocenters. The van der Waals surface area contributed by atoms with Gasteiger partial charge in [-0.25, -0.2) is 0 Å². The second kappa shape index (κ2) is 6.03. The normalized spacial score (nSPS) is 24.6. The Morgan fingerprint density at radius 2 is 2.12 bits per heavy atom. The van der Waals surface area contributed by atoms with E-state index in [0.29, 0.717) is 6.61 Å². The molecule has 1 aromatic rings. The van der Waals surface area contributed by atoms with Gasteiger partial charge < -0.3 is 15.2 Å². The highest BCUT2D eigenvalue weighted by molar-refractivity contribution is 5.27. The van der Waals surface area contributed by atoms with E-state index in [-0.39, 0.29) is 12.1 Å². The molecule has 1 aliphatic rings. The molecule has 17 heavy (non-hydrogen) atoms. The highest BCUT2D eigenvalue weighted by atomic mass is 16.5. The van der Waals surface area contributed by atoms with Crippen LogP contribution in [0.2, 0.25) is 0 Å². The lowest BCUT2D eigenvalue weighted by molar-refractivity contribution is 0.00398. The van der Waals surface area contributed by atoms with Crippen LogP contribution in [-0.4, -0.2) is 19.3 Å². The fourth-order valence-electron chi connectivity index (χ4n) is 2.30. The summed E-state index contributed by atoms with van der Waals surface area (Å²) in [5, 5.41) is 0. The van der Waals surface area contributed by atoms with Crippen LogP contribution >= 0.6 is 0 Å². The summed E-state index contributed by atoms with van der Waals surface area (Å²) in [5.41, 5.74) is 7.19. The van der Waals surface area contributed by atoms with E-state index in [1.807, 2.05) is 18.2 Å². The Labute approximate surface area is 103 Å². The van der Waals surface area contributed by atoms with Crippen LogP contribution in [0.4, 0.5) is 0 Å². The molecular weight excluding hydrogens is 214 g/mol. The van der Waals surface area contributed by atoms with Crippen LogP contribution in [0.1, 0.15) is 31.2 Å². The number of ether oxygens (including phenoxy) is 2. The number of hydrogen-bond donors (Lipinski definition) is 1. The zero-order valence-electron chi connectivity index (χ0n) is 10.4. The minimum Gasteiger partial charge on any atom is -0.497 e. The lowest BCUT2D eigenvalue weighted by atomic mass is 9.93. The van der Waals surface area contributed by atoms with Crippen molar-refractivity contribution in [1.82, 2.24) is 0 Å². The Balaban J connectivity index is 1.88. The first-order valence-electron chi connectivity index (χ1n) is 6.29. The highest BCUT2D eigenvalue weighted by Gasteiger charge is 2.22. The maximum absolute atomic E-state index is 6.05. The first-order valence-corrected chi connectivity index (χ1v) is 6.29. The van der Waals surface area contributed by atoms with Gasteiger partial charge in [-0.15, -0.1) is 0 Å². The van der Waals surface area contributed by atoms with E-state index < -0.39 is 0 Å². The van der Waals surface area contributed by atoms with Gasteiger partial charge in [0.15, 0.2) is 0 Å². The van der Waals surface area contributed by atoms with Crippen LogP contribution in [0.5, 0.6) is 5.75 Å². The number of benzene rings is 1. The number of methoxy groups -OCH3 is 1. The second-order valence-corrected chi connectivity index (χ2v) is 4.65. The predicted octanol–water partition coefficient (Wildman–Crippen LogP) is 2.48. The molecule has 2 atom stereocenters. The summed E-state index contributed by atoms with van der Waals surface area (Å²) in [5.74, 6) is 0.874. The zero-order chi connectivity index (χ0) is 12.1. The van der Waals surface area contributed by atoms with E-state index in [1.165, 1.54) is 12.8 Å². The molecule has 0 amide bonds. The molecule has 0 aromatic heterocycles. The van der Waals surface area contributed by atoms with Crippen LogP contribution in [0, 0.1) is 0 Å². The SMILES string of the molecule is COc1cccc(CO[C@H]2CCCC[C@H]2N)c1. The summed E-state index contributed by atoms with van der Waals surface area (Å²) in [4.78, 5) is 0. The van der Waals surface area contributed by atoms with Crippen molar-refractivity contribution in [3.63, 3.8) is 0 Å². The molecule has 0 heterocycles. The van der Waals surface area contributed by atoms with E-state index in [9.17, 15) is 0 Å². The average molecular weight is 235 g/mol. The van der Waals surface area contributed by atoms with E-state index in [2.05, 4.69) is 6.07 Å². The molecule has 0 radical (unpaired) electrons. The molecule has 2 rings (SSSR count). The quantitative estimate of drug-likeness (QED) is 0.872. The van der Waals surface area contributed by atoms with Gasteiger partial charge in [-0.3, -0.25) is 0 Å². The first-order chi connectivity index (χ1) is 8.29. The molecule has 3 heteroatoms. The van der Waals surface area contributed by atoms with Gasteiger partial charge in [-0.05, 0) is 30.5 Å². The number of hydrogen-bond acceptors (Lipinski definition) is 3. The van der Waals surface area contributed by atoms with Crippen molar-refractivity contribution < 1.29 is 9.47 Å². The Morgan fingerprint density at radius 3 is 2.88 bits per heavy atom. The van der Waals surface area contributed by atoms with Crippen LogP contribution in [0.15, 0.2) is 24.3 Å². The van der Waals surface area contributed by atoms with Crippen molar-refractivity contribution in [3.05, 3.63) is 29.8 Å². The Morgan fingerprint density at radius 1 is 1.29 bits per heavy atom. The summed E-state index contributed by atoms with van der Waals surface area (Å²) in [6, 6.07) is 8.19. The van der Waals surface area contributed by atoms with Gasteiger partial charge in [0.2, 0.25) is 0 Å². The molecule has 1 aromatic carbocycles. The van der Waals surface area contributed by atoms with E-state index >= 15 is 0 Å². The molecule has 0 spiro atoms. The van der Waals surface area contributed by atoms with Crippen LogP contribution < -0.4 is 10.5 Å². The van der Waals surface area contributed by atoms with E-state index in [0.717, 1.165) is 24.2 Å². The summed E-state index contributed by atoms with van der Waals surface area (Å²) in [6.45, 7) is 0.621. The number of nitrogens with two attached hydrogens (primary N) is 1. The standard InChI is InChI=1S/C14H21NO2/c1-16-12-6-4-5-11(9-12)10-17-14-8-3-2-7-13(14)15/h4-6,9,13-14H,2-3,7-8,10,15H2,1H3/t13-,14+/m1/s1. The van der Waals surface area contributed by atoms with E-state index in [4.69, 9.17) is 15.2 Å². The third kappa shape index (κ3) is 3.45. The summed E-state index contributed by atoms with van der Waals surface area (Å²) >= 11 is 0. The van der Waals surface area contributed by atoms with Gasteiger partial charge >= 0.3 is 0 Å². The summed E-state index contributed by atoms with van der Waals surface area (Å²) in [6.07, 6.45) is 4.86. The molecule has 94 valence electrons. The van der Waals surface area contributed by atoms with Gasteiger partial charge in [-0.1, -0.05) is 25.0 Å². The van der Waals surface area contributed by atoms with Crippen molar-refractivity contribution in [2.45, 2.75) is 44.4 Å². The van der Waals surface area contributed by atoms with Crippen molar-refractivity contribution in [3.8, 4) is 5.75 Å². The van der Waals surface area contributed by atoms with Gasteiger partial charge in [0, 0.05) is 6.04 Å². The Hall–Kier alpha value is -1.06. The highest BCUT2D eigenvalue weighted by Crippen LogP contribution is 2.21. The summed E-state index contributed by atoms with van der Waals surface area (Å²) < 4.78 is 11.1. The minimum atomic E-state index is 0.203. The van der Waals surface area contributed by atoms with Crippen molar-refractivity contribution >= 4 is 0 Å². The Kier molecular flexibility index (Phi) is 4.40. The molecule has 3 nitrogen and oxygen atoms in total. The lowest BCUT2D eigenvalue weighted by Gasteiger charge is -2.28. The van der Waals surface area contributed by atoms with Crippen molar-refractivity contribution in [2.75, 3.05) is 7.11 Å². The molecule has 2 N–H and O–H groups in total. The van der Waals surface area contributed by atoms with Crippen molar-refractivity contribution in [1.29, 1.82) is 0 Å². The van der Waals surface area contributed by atoms with Gasteiger partial charge in [-0.2, -0.15) is 0 Å². The molecule has 1 fully saturated rings. The second-order valence-electron chi connectivity index (χ2n) is 4.65. The van der Waals surface area contributed by atoms with Gasteiger partial charge in [0.25, 0.3) is 0 Å². The summed E-state index contributed by atoms with van der Waals surface area (Å²) in [7, 11) is 1.68. The Bertz CT molecular complexity index is 354. The largest absolute Gasteiger partial charge is 0.497 e. The maximum atomic E-state index is 6.05. The topological polar surface area (TPSA) is 44.5 Å². The molecule has 1 saturated carbocycles. The van der Waals surface area contributed by atoms with E-state index in [1.54, 1.807) is 7.11 Å². The third-order valence-electron chi connectivity index (χ3n) is 3.35. The van der Waals surface area contributed by atoms with Gasteiger partial charge in [0.05, 0.1) is 19.8 Å². The van der Waals surface area contributed by atoms with Crippen molar-refractivity contribution in [2.24, 2.45) is 5.73 Å². The molecule has 0 bridgehead atoms. The molecule has 0 aliphatic heterocycles. The number of rotatable bonds is 4. The van der Waals surface area contributed by atoms with Crippen LogP contribution in [0.25, 0.3) is 0 Å². The molecular formula is C14H21NO2. The monoisotopic (exact) mass is 235 g/mol. The average Bonchev–Trinajstić information content (AvgIpc) is 2.38. The predicted molar refractivity (Wildman–Crippen MR) is 68.0 cm³/mol. The maximum Gasteiger partial charge on any atom is 0.119 e. The van der Waals surface area contributed by atoms with Crippen LogP contribution in [-0.2, 0) is 11.3 Å². The van der Waals surface area contributed by atoms with Gasteiger partial charge in [0.1, 0.15) is 5.75 Å². The lowest BCUT2D eigenvalue weighted by Crippen LogP contribution is -2.39. The fraction of sp³-hybridized carbons (Fsp3) is 0.571. The molecule has 0 saturated heterocycles. The minimum absolute atomic E-state index is 0.203. The zero-order valence-corrected chi connectivity index (χ0v) is 10.4. The first kappa shape index (κ1) is 12.4. The van der Waals surface area contributed by atoms with Crippen LogP contribution in [0.3, 0.4) is 0 Å².